The van der Waals surface area contributed by atoms with Crippen LogP contribution in [-0.2, 0) is 10.8 Å². The van der Waals surface area contributed by atoms with E-state index in [1.165, 1.54) is 31.7 Å². The first-order chi connectivity index (χ1) is 9.15. The molecule has 0 spiro atoms. The summed E-state index contributed by atoms with van der Waals surface area (Å²) in [6.07, 6.45) is 6.85. The number of rotatable bonds is 9. The molecule has 0 fully saturated rings. The van der Waals surface area contributed by atoms with Gasteiger partial charge < -0.3 is 5.11 Å². The molecular weight excluding hydrogens is 262 g/mol. The van der Waals surface area contributed by atoms with Crippen molar-refractivity contribution in [1.82, 2.24) is 4.98 Å². The lowest BCUT2D eigenvalue weighted by atomic mass is 10.1. The zero-order chi connectivity index (χ0) is 14.1. The lowest BCUT2D eigenvalue weighted by Crippen LogP contribution is -2.06. The topological polar surface area (TPSA) is 67.3 Å². The molecule has 0 bridgehead atoms. The van der Waals surface area contributed by atoms with Crippen molar-refractivity contribution in [3.63, 3.8) is 0 Å². The SMILES string of the molecule is CCCCCCCCS(=O)c1cccc(C(=O)O)n1. The monoisotopic (exact) mass is 283 g/mol. The van der Waals surface area contributed by atoms with E-state index in [0.29, 0.717) is 10.8 Å². The Morgan fingerprint density at radius 2 is 1.89 bits per heavy atom. The van der Waals surface area contributed by atoms with Crippen molar-refractivity contribution in [1.29, 1.82) is 0 Å². The highest BCUT2D eigenvalue weighted by atomic mass is 32.2. The predicted octanol–water partition coefficient (Wildman–Crippen LogP) is 3.25. The van der Waals surface area contributed by atoms with Crippen molar-refractivity contribution in [2.75, 3.05) is 5.75 Å². The van der Waals surface area contributed by atoms with Crippen LogP contribution in [-0.4, -0.2) is 26.0 Å². The second kappa shape index (κ2) is 8.80. The van der Waals surface area contributed by atoms with Crippen LogP contribution >= 0.6 is 0 Å². The fourth-order valence-electron chi connectivity index (χ4n) is 1.78. The molecule has 19 heavy (non-hydrogen) atoms. The highest BCUT2D eigenvalue weighted by molar-refractivity contribution is 7.84. The van der Waals surface area contributed by atoms with Gasteiger partial charge in [0.2, 0.25) is 0 Å². The Labute approximate surface area is 116 Å². The number of carbonyl (C=O) groups is 1. The van der Waals surface area contributed by atoms with Gasteiger partial charge in [-0.2, -0.15) is 0 Å². The Bertz CT molecular complexity index is 434. The van der Waals surface area contributed by atoms with Crippen LogP contribution < -0.4 is 0 Å². The van der Waals surface area contributed by atoms with Gasteiger partial charge in [-0.05, 0) is 18.6 Å². The molecule has 106 valence electrons. The minimum absolute atomic E-state index is 0.0474. The van der Waals surface area contributed by atoms with Crippen molar-refractivity contribution in [2.24, 2.45) is 0 Å². The lowest BCUT2D eigenvalue weighted by molar-refractivity contribution is 0.0689. The summed E-state index contributed by atoms with van der Waals surface area (Å²) in [4.78, 5) is 14.7. The van der Waals surface area contributed by atoms with E-state index in [4.69, 9.17) is 5.11 Å². The summed E-state index contributed by atoms with van der Waals surface area (Å²) in [5.41, 5.74) is -0.0474. The summed E-state index contributed by atoms with van der Waals surface area (Å²) in [6.45, 7) is 2.18. The summed E-state index contributed by atoms with van der Waals surface area (Å²) < 4.78 is 12.0. The first-order valence-corrected chi connectivity index (χ1v) is 8.05. The molecule has 1 rings (SSSR count). The van der Waals surface area contributed by atoms with E-state index in [-0.39, 0.29) is 5.69 Å². The molecule has 5 heteroatoms. The number of carboxylic acid groups (broad SMARTS) is 1. The van der Waals surface area contributed by atoms with Gasteiger partial charge in [-0.25, -0.2) is 9.78 Å². The number of nitrogens with zero attached hydrogens (tertiary/aromatic N) is 1. The molecule has 0 saturated carbocycles. The highest BCUT2D eigenvalue weighted by Crippen LogP contribution is 2.10. The lowest BCUT2D eigenvalue weighted by Gasteiger charge is -2.03. The van der Waals surface area contributed by atoms with Crippen LogP contribution in [0, 0.1) is 0 Å². The average molecular weight is 283 g/mol. The molecule has 1 atom stereocenters. The van der Waals surface area contributed by atoms with E-state index in [9.17, 15) is 9.00 Å². The Kier molecular flexibility index (Phi) is 7.33. The van der Waals surface area contributed by atoms with E-state index >= 15 is 0 Å². The molecule has 1 unspecified atom stereocenters. The minimum atomic E-state index is -1.19. The van der Waals surface area contributed by atoms with Crippen LogP contribution in [0.4, 0.5) is 0 Å². The summed E-state index contributed by atoms with van der Waals surface area (Å²) >= 11 is 0. The zero-order valence-corrected chi connectivity index (χ0v) is 12.1. The second-order valence-corrected chi connectivity index (χ2v) is 6.00. The summed E-state index contributed by atoms with van der Waals surface area (Å²) in [7, 11) is -1.19. The van der Waals surface area contributed by atoms with Gasteiger partial charge in [-0.15, -0.1) is 0 Å². The summed E-state index contributed by atoms with van der Waals surface area (Å²) in [5, 5.41) is 9.20. The Hall–Kier alpha value is -1.23. The van der Waals surface area contributed by atoms with Crippen molar-refractivity contribution < 1.29 is 14.1 Å². The van der Waals surface area contributed by atoms with Crippen LogP contribution in [0.15, 0.2) is 23.2 Å². The normalized spacial score (nSPS) is 12.3. The predicted molar refractivity (Wildman–Crippen MR) is 75.8 cm³/mol. The molecule has 0 amide bonds. The third kappa shape index (κ3) is 5.96. The molecule has 0 radical (unpaired) electrons. The van der Waals surface area contributed by atoms with Crippen molar-refractivity contribution in [2.45, 2.75) is 50.5 Å². The van der Waals surface area contributed by atoms with Crippen molar-refractivity contribution in [3.8, 4) is 0 Å². The van der Waals surface area contributed by atoms with Gasteiger partial charge in [0, 0.05) is 5.75 Å². The highest BCUT2D eigenvalue weighted by Gasteiger charge is 2.09. The summed E-state index contributed by atoms with van der Waals surface area (Å²) in [5.74, 6) is -0.527. The van der Waals surface area contributed by atoms with Gasteiger partial charge in [0.05, 0.1) is 10.8 Å². The fraction of sp³-hybridized carbons (Fsp3) is 0.571. The van der Waals surface area contributed by atoms with E-state index in [0.717, 1.165) is 12.8 Å². The van der Waals surface area contributed by atoms with E-state index < -0.39 is 16.8 Å². The smallest absolute Gasteiger partial charge is 0.354 e. The molecule has 4 nitrogen and oxygen atoms in total. The van der Waals surface area contributed by atoms with E-state index in [1.54, 1.807) is 12.1 Å². The fourth-order valence-corrected chi connectivity index (χ4v) is 2.88. The first-order valence-electron chi connectivity index (χ1n) is 6.74. The van der Waals surface area contributed by atoms with Gasteiger partial charge in [0.1, 0.15) is 10.7 Å². The number of unbranched alkanes of at least 4 members (excludes halogenated alkanes) is 5. The largest absolute Gasteiger partial charge is 0.477 e. The molecule has 1 N–H and O–H groups in total. The van der Waals surface area contributed by atoms with Crippen LogP contribution in [0.5, 0.6) is 0 Å². The number of aromatic nitrogens is 1. The number of carboxylic acids is 1. The molecule has 1 aromatic rings. The van der Waals surface area contributed by atoms with Crippen LogP contribution in [0.3, 0.4) is 0 Å². The summed E-state index contributed by atoms with van der Waals surface area (Å²) in [6, 6.07) is 4.62. The van der Waals surface area contributed by atoms with E-state index in [1.807, 2.05) is 0 Å². The Morgan fingerprint density at radius 3 is 2.58 bits per heavy atom. The van der Waals surface area contributed by atoms with Crippen molar-refractivity contribution in [3.05, 3.63) is 23.9 Å². The standard InChI is InChI=1S/C14H21NO3S/c1-2-3-4-5-6-7-11-19(18)13-10-8-9-12(15-13)14(16)17/h8-10H,2-7,11H2,1H3,(H,16,17). The van der Waals surface area contributed by atoms with Crippen LogP contribution in [0.25, 0.3) is 0 Å². The van der Waals surface area contributed by atoms with Crippen molar-refractivity contribution >= 4 is 16.8 Å². The van der Waals surface area contributed by atoms with Crippen LogP contribution in [0.1, 0.15) is 55.9 Å². The van der Waals surface area contributed by atoms with Gasteiger partial charge in [0.25, 0.3) is 0 Å². The Balaban J connectivity index is 2.37. The van der Waals surface area contributed by atoms with E-state index in [2.05, 4.69) is 11.9 Å². The average Bonchev–Trinajstić information content (AvgIpc) is 2.42. The number of hydrogen-bond donors (Lipinski definition) is 1. The zero-order valence-electron chi connectivity index (χ0n) is 11.3. The maximum Gasteiger partial charge on any atom is 0.354 e. The number of aromatic carboxylic acids is 1. The second-order valence-electron chi connectivity index (χ2n) is 4.48. The number of hydrogen-bond acceptors (Lipinski definition) is 3. The van der Waals surface area contributed by atoms with Gasteiger partial charge in [-0.3, -0.25) is 4.21 Å². The quantitative estimate of drug-likeness (QED) is 0.706. The van der Waals surface area contributed by atoms with Gasteiger partial charge in [-0.1, -0.05) is 45.1 Å². The van der Waals surface area contributed by atoms with Crippen LogP contribution in [0.2, 0.25) is 0 Å². The molecular formula is C14H21NO3S. The molecule has 0 aliphatic heterocycles. The minimum Gasteiger partial charge on any atom is -0.477 e. The molecule has 0 saturated heterocycles. The molecule has 1 aromatic heterocycles. The third-order valence-corrected chi connectivity index (χ3v) is 4.21. The first kappa shape index (κ1) is 15.8. The maximum atomic E-state index is 12.0. The molecule has 0 aromatic carbocycles. The molecule has 0 aliphatic rings. The van der Waals surface area contributed by atoms with Gasteiger partial charge >= 0.3 is 5.97 Å². The number of pyridine rings is 1. The molecule has 0 aliphatic carbocycles. The Morgan fingerprint density at radius 1 is 1.21 bits per heavy atom. The third-order valence-electron chi connectivity index (χ3n) is 2.86. The van der Waals surface area contributed by atoms with Gasteiger partial charge in [0.15, 0.2) is 0 Å². The maximum absolute atomic E-state index is 12.0. The molecule has 1 heterocycles.